The van der Waals surface area contributed by atoms with E-state index in [0.29, 0.717) is 10.8 Å². The number of allylic oxidation sites excluding steroid dienone is 4. The van der Waals surface area contributed by atoms with Crippen LogP contribution in [0.5, 0.6) is 0 Å². The summed E-state index contributed by atoms with van der Waals surface area (Å²) in [6.07, 6.45) is 16.0. The highest BCUT2D eigenvalue weighted by Crippen LogP contribution is 2.65. The summed E-state index contributed by atoms with van der Waals surface area (Å²) in [6, 6.07) is 0. The zero-order chi connectivity index (χ0) is 18.9. The van der Waals surface area contributed by atoms with Crippen LogP contribution in [0, 0.1) is 28.6 Å². The smallest absolute Gasteiger partial charge is 0.0641 e. The fourth-order valence-electron chi connectivity index (χ4n) is 6.85. The van der Waals surface area contributed by atoms with E-state index in [0.717, 1.165) is 37.0 Å². The van der Waals surface area contributed by atoms with Crippen molar-refractivity contribution >= 4 is 0 Å². The molecule has 0 aromatic carbocycles. The molecule has 1 N–H and O–H groups in total. The number of hydrogen-bond donors (Lipinski definition) is 1. The topological polar surface area (TPSA) is 20.2 Å². The van der Waals surface area contributed by atoms with E-state index < -0.39 is 0 Å². The molecule has 0 heterocycles. The van der Waals surface area contributed by atoms with Gasteiger partial charge in [-0.15, -0.1) is 0 Å². The van der Waals surface area contributed by atoms with Crippen LogP contribution in [0.1, 0.15) is 85.5 Å². The van der Waals surface area contributed by atoms with Crippen molar-refractivity contribution in [2.45, 2.75) is 85.5 Å². The molecule has 3 aliphatic rings. The molecule has 5 atom stereocenters. The molecule has 3 rings (SSSR count). The molecular weight excluding hydrogens is 316 g/mol. The van der Waals surface area contributed by atoms with Gasteiger partial charge in [0.05, 0.1) is 6.61 Å². The van der Waals surface area contributed by atoms with Crippen LogP contribution in [0.3, 0.4) is 0 Å². The first-order chi connectivity index (χ1) is 12.3. The second-order valence-electron chi connectivity index (χ2n) is 10.2. The molecule has 0 bridgehead atoms. The summed E-state index contributed by atoms with van der Waals surface area (Å²) >= 11 is 0. The van der Waals surface area contributed by atoms with Crippen molar-refractivity contribution in [2.75, 3.05) is 6.61 Å². The van der Waals surface area contributed by atoms with Gasteiger partial charge in [0.2, 0.25) is 0 Å². The van der Waals surface area contributed by atoms with E-state index in [-0.39, 0.29) is 6.61 Å². The molecule has 1 nitrogen and oxygen atoms in total. The van der Waals surface area contributed by atoms with Crippen molar-refractivity contribution in [3.63, 3.8) is 0 Å². The number of hydrogen-bond acceptors (Lipinski definition) is 1. The van der Waals surface area contributed by atoms with Crippen LogP contribution in [0.4, 0.5) is 0 Å². The SMILES string of the molecule is C=C(C)[C@H]1CC[C@]2(C)[C@@H]1CC[C@]1(C)C/C=C(\CO)CC/C=C(\C)CC[C@H]12. The summed E-state index contributed by atoms with van der Waals surface area (Å²) in [5, 5.41) is 9.78. The van der Waals surface area contributed by atoms with E-state index in [1.54, 1.807) is 5.57 Å². The Morgan fingerprint density at radius 2 is 1.92 bits per heavy atom. The highest BCUT2D eigenvalue weighted by molar-refractivity contribution is 5.16. The third kappa shape index (κ3) is 3.61. The van der Waals surface area contributed by atoms with E-state index in [1.807, 2.05) is 0 Å². The fourth-order valence-corrected chi connectivity index (χ4v) is 6.85. The molecule has 0 spiro atoms. The molecule has 0 aromatic heterocycles. The van der Waals surface area contributed by atoms with Crippen LogP contribution in [-0.2, 0) is 0 Å². The van der Waals surface area contributed by atoms with Crippen molar-refractivity contribution in [1.82, 2.24) is 0 Å². The largest absolute Gasteiger partial charge is 0.392 e. The predicted octanol–water partition coefficient (Wildman–Crippen LogP) is 6.84. The summed E-state index contributed by atoms with van der Waals surface area (Å²) in [4.78, 5) is 0. The maximum atomic E-state index is 9.78. The minimum absolute atomic E-state index is 0.227. The van der Waals surface area contributed by atoms with E-state index in [2.05, 4.69) is 46.4 Å². The summed E-state index contributed by atoms with van der Waals surface area (Å²) in [7, 11) is 0. The molecule has 0 radical (unpaired) electrons. The van der Waals surface area contributed by atoms with Crippen molar-refractivity contribution in [1.29, 1.82) is 0 Å². The van der Waals surface area contributed by atoms with E-state index >= 15 is 0 Å². The van der Waals surface area contributed by atoms with Gasteiger partial charge in [-0.2, -0.15) is 0 Å². The fraction of sp³-hybridized carbons (Fsp3) is 0.760. The molecule has 0 saturated heterocycles. The Balaban J connectivity index is 1.95. The van der Waals surface area contributed by atoms with Crippen molar-refractivity contribution in [3.05, 3.63) is 35.5 Å². The molecule has 1 heteroatoms. The summed E-state index contributed by atoms with van der Waals surface area (Å²) in [5.41, 5.74) is 5.04. The Kier molecular flexibility index (Phi) is 5.87. The normalized spacial score (nSPS) is 45.3. The van der Waals surface area contributed by atoms with Gasteiger partial charge < -0.3 is 5.11 Å². The lowest BCUT2D eigenvalue weighted by Gasteiger charge is -2.55. The van der Waals surface area contributed by atoms with Gasteiger partial charge in [0.15, 0.2) is 0 Å². The highest BCUT2D eigenvalue weighted by Gasteiger charge is 2.57. The Morgan fingerprint density at radius 3 is 2.62 bits per heavy atom. The molecule has 146 valence electrons. The average Bonchev–Trinajstić information content (AvgIpc) is 2.92. The van der Waals surface area contributed by atoms with Crippen molar-refractivity contribution in [3.8, 4) is 0 Å². The van der Waals surface area contributed by atoms with Crippen LogP contribution in [-0.4, -0.2) is 11.7 Å². The van der Waals surface area contributed by atoms with Crippen LogP contribution in [0.25, 0.3) is 0 Å². The number of fused-ring (bicyclic) bond motifs is 3. The van der Waals surface area contributed by atoms with Gasteiger partial charge in [-0.1, -0.05) is 43.7 Å². The minimum atomic E-state index is 0.227. The van der Waals surface area contributed by atoms with Crippen LogP contribution >= 0.6 is 0 Å². The number of aliphatic hydroxyl groups excluding tert-OH is 1. The lowest BCUT2D eigenvalue weighted by Crippen LogP contribution is -2.47. The van der Waals surface area contributed by atoms with Gasteiger partial charge >= 0.3 is 0 Å². The molecule has 0 aromatic rings. The molecule has 26 heavy (non-hydrogen) atoms. The maximum absolute atomic E-state index is 9.78. The van der Waals surface area contributed by atoms with Gasteiger partial charge in [0, 0.05) is 0 Å². The highest BCUT2D eigenvalue weighted by atomic mass is 16.3. The zero-order valence-corrected chi connectivity index (χ0v) is 17.6. The number of rotatable bonds is 2. The maximum Gasteiger partial charge on any atom is 0.0641 e. The molecule has 0 amide bonds. The molecule has 2 fully saturated rings. The molecular formula is C25H40O. The van der Waals surface area contributed by atoms with Gasteiger partial charge in [-0.25, -0.2) is 0 Å². The first-order valence-corrected chi connectivity index (χ1v) is 10.9. The predicted molar refractivity (Wildman–Crippen MR) is 112 cm³/mol. The quantitative estimate of drug-likeness (QED) is 0.537. The molecule has 0 aliphatic heterocycles. The molecule has 3 aliphatic carbocycles. The van der Waals surface area contributed by atoms with Gasteiger partial charge in [0.25, 0.3) is 0 Å². The second-order valence-corrected chi connectivity index (χ2v) is 10.2. The zero-order valence-electron chi connectivity index (χ0n) is 17.6. The molecule has 0 unspecified atom stereocenters. The summed E-state index contributed by atoms with van der Waals surface area (Å²) in [6.45, 7) is 14.3. The Morgan fingerprint density at radius 1 is 1.15 bits per heavy atom. The summed E-state index contributed by atoms with van der Waals surface area (Å²) in [5.74, 6) is 2.34. The Labute approximate surface area is 161 Å². The average molecular weight is 357 g/mol. The Bertz CT molecular complexity index is 597. The lowest BCUT2D eigenvalue weighted by atomic mass is 9.49. The van der Waals surface area contributed by atoms with Gasteiger partial charge in [-0.3, -0.25) is 0 Å². The van der Waals surface area contributed by atoms with E-state index in [1.165, 1.54) is 49.7 Å². The van der Waals surface area contributed by atoms with Crippen molar-refractivity contribution < 1.29 is 5.11 Å². The second kappa shape index (κ2) is 7.66. The lowest BCUT2D eigenvalue weighted by molar-refractivity contribution is -0.0503. The third-order valence-electron chi connectivity index (χ3n) is 8.47. The monoisotopic (exact) mass is 356 g/mol. The third-order valence-corrected chi connectivity index (χ3v) is 8.47. The first-order valence-electron chi connectivity index (χ1n) is 10.9. The minimum Gasteiger partial charge on any atom is -0.392 e. The first kappa shape index (κ1) is 19.9. The summed E-state index contributed by atoms with van der Waals surface area (Å²) < 4.78 is 0. The van der Waals surface area contributed by atoms with Crippen LogP contribution < -0.4 is 0 Å². The van der Waals surface area contributed by atoms with Gasteiger partial charge in [-0.05, 0) is 106 Å². The van der Waals surface area contributed by atoms with E-state index in [4.69, 9.17) is 0 Å². The number of aliphatic hydroxyl groups is 1. The van der Waals surface area contributed by atoms with Gasteiger partial charge in [0.1, 0.15) is 0 Å². The van der Waals surface area contributed by atoms with Crippen LogP contribution in [0.2, 0.25) is 0 Å². The standard InChI is InChI=1S/C25H40O/c1-18(2)21-12-16-25(5)22(21)13-15-24(4)14-11-20(17-26)8-6-7-19(3)9-10-23(24)25/h7,11,21-23,26H,1,6,8-10,12-17H2,2-5H3/b19-7+,20-11-/t21-,22-,23-,24+,25-/m1/s1. The van der Waals surface area contributed by atoms with Crippen molar-refractivity contribution in [2.24, 2.45) is 28.6 Å². The Hall–Kier alpha value is -0.820. The van der Waals surface area contributed by atoms with Crippen LogP contribution in [0.15, 0.2) is 35.5 Å². The van der Waals surface area contributed by atoms with E-state index in [9.17, 15) is 5.11 Å². The molecule has 2 saturated carbocycles.